The van der Waals surface area contributed by atoms with Crippen molar-refractivity contribution in [1.29, 1.82) is 0 Å². The van der Waals surface area contributed by atoms with Crippen molar-refractivity contribution in [2.45, 2.75) is 51.4 Å². The average molecular weight is 399 g/mol. The maximum atomic E-state index is 13.1. The summed E-state index contributed by atoms with van der Waals surface area (Å²) in [6.45, 7) is 0. The highest BCUT2D eigenvalue weighted by Gasteiger charge is 2.28. The first-order chi connectivity index (χ1) is 13.7. The fourth-order valence-electron chi connectivity index (χ4n) is 3.59. The Labute approximate surface area is 171 Å². The van der Waals surface area contributed by atoms with Gasteiger partial charge in [0, 0.05) is 12.3 Å². The molecule has 0 aromatic heterocycles. The second kappa shape index (κ2) is 10.3. The van der Waals surface area contributed by atoms with E-state index in [4.69, 9.17) is 11.6 Å². The summed E-state index contributed by atoms with van der Waals surface area (Å²) < 4.78 is 0. The van der Waals surface area contributed by atoms with E-state index in [0.29, 0.717) is 23.4 Å². The summed E-state index contributed by atoms with van der Waals surface area (Å²) in [6.07, 6.45) is 8.18. The molecule has 0 radical (unpaired) electrons. The second-order valence-corrected chi connectivity index (χ2v) is 7.51. The molecule has 148 valence electrons. The molecule has 0 aliphatic carbocycles. The number of hydrogen-bond acceptors (Lipinski definition) is 2. The summed E-state index contributed by atoms with van der Waals surface area (Å²) in [5.74, 6) is 0.582. The van der Waals surface area contributed by atoms with Gasteiger partial charge in [-0.05, 0) is 37.1 Å². The molecule has 0 saturated heterocycles. The van der Waals surface area contributed by atoms with Crippen LogP contribution in [0.25, 0.3) is 0 Å². The third-order valence-electron chi connectivity index (χ3n) is 5.06. The van der Waals surface area contributed by atoms with E-state index in [-0.39, 0.29) is 11.8 Å². The lowest BCUT2D eigenvalue weighted by atomic mass is 10.1. The Bertz CT molecular complexity index is 822. The Balaban J connectivity index is 1.68. The fraction of sp³-hybridized carbons (Fsp3) is 0.391. The first-order valence-corrected chi connectivity index (χ1v) is 10.6. The molecular formula is C23H27ClN2O2. The molecule has 0 spiro atoms. The summed E-state index contributed by atoms with van der Waals surface area (Å²) in [4.78, 5) is 27.4. The van der Waals surface area contributed by atoms with Gasteiger partial charge >= 0.3 is 0 Å². The smallest absolute Gasteiger partial charge is 0.257 e. The van der Waals surface area contributed by atoms with Gasteiger partial charge in [0.2, 0.25) is 5.91 Å². The number of halogens is 1. The van der Waals surface area contributed by atoms with Crippen LogP contribution in [0.3, 0.4) is 0 Å². The van der Waals surface area contributed by atoms with Gasteiger partial charge in [-0.1, -0.05) is 56.4 Å². The van der Waals surface area contributed by atoms with Crippen LogP contribution in [-0.2, 0) is 4.79 Å². The number of rotatable bonds is 9. The van der Waals surface area contributed by atoms with Gasteiger partial charge in [-0.15, -0.1) is 11.6 Å². The minimum atomic E-state index is -0.185. The van der Waals surface area contributed by atoms with E-state index in [0.717, 1.165) is 37.3 Å². The summed E-state index contributed by atoms with van der Waals surface area (Å²) >= 11 is 5.70. The molecular weight excluding hydrogens is 372 g/mol. The molecule has 4 nitrogen and oxygen atoms in total. The zero-order valence-electron chi connectivity index (χ0n) is 16.1. The van der Waals surface area contributed by atoms with Crippen LogP contribution in [0.1, 0.15) is 61.7 Å². The molecule has 0 atom stereocenters. The van der Waals surface area contributed by atoms with Gasteiger partial charge in [0.15, 0.2) is 0 Å². The van der Waals surface area contributed by atoms with Crippen LogP contribution < -0.4 is 10.2 Å². The number of alkyl halides is 1. The Morgan fingerprint density at radius 2 is 1.43 bits per heavy atom. The molecule has 5 heteroatoms. The number of hydrogen-bond donors (Lipinski definition) is 1. The minimum Gasteiger partial charge on any atom is -0.320 e. The standard InChI is InChI=1S/C23H27ClN2O2/c24-17-11-5-3-1-2-4-6-16-22(27)26-20-14-9-7-12-18(20)23(28)25-19-13-8-10-15-21(19)26/h7-10,12-15H,1-6,11,16-17H2,(H,25,28). The number of nitrogens with one attached hydrogen (secondary N) is 1. The molecule has 0 unspecified atom stereocenters. The fourth-order valence-corrected chi connectivity index (χ4v) is 3.78. The molecule has 1 N–H and O–H groups in total. The largest absolute Gasteiger partial charge is 0.320 e. The van der Waals surface area contributed by atoms with Crippen molar-refractivity contribution in [3.05, 3.63) is 54.1 Å². The molecule has 0 saturated carbocycles. The Morgan fingerprint density at radius 3 is 2.18 bits per heavy atom. The van der Waals surface area contributed by atoms with Gasteiger partial charge in [-0.2, -0.15) is 0 Å². The van der Waals surface area contributed by atoms with E-state index < -0.39 is 0 Å². The number of fused-ring (bicyclic) bond motifs is 2. The third-order valence-corrected chi connectivity index (χ3v) is 5.32. The van der Waals surface area contributed by atoms with Crippen LogP contribution >= 0.6 is 11.6 Å². The van der Waals surface area contributed by atoms with Crippen LogP contribution in [0, 0.1) is 0 Å². The monoisotopic (exact) mass is 398 g/mol. The van der Waals surface area contributed by atoms with Gasteiger partial charge in [0.25, 0.3) is 5.91 Å². The summed E-state index contributed by atoms with van der Waals surface area (Å²) in [5, 5.41) is 2.92. The van der Waals surface area contributed by atoms with Crippen molar-refractivity contribution >= 4 is 40.5 Å². The van der Waals surface area contributed by atoms with E-state index in [1.54, 1.807) is 11.0 Å². The predicted molar refractivity (Wildman–Crippen MR) is 116 cm³/mol. The topological polar surface area (TPSA) is 49.4 Å². The van der Waals surface area contributed by atoms with E-state index >= 15 is 0 Å². The SMILES string of the molecule is O=C1Nc2ccccc2N(C(=O)CCCCCCCCCCl)c2ccccc21. The minimum absolute atomic E-state index is 0.0264. The quantitative estimate of drug-likeness (QED) is 0.399. The number of anilines is 3. The van der Waals surface area contributed by atoms with Crippen LogP contribution in [0.5, 0.6) is 0 Å². The number of nitrogens with zero attached hydrogens (tertiary/aromatic N) is 1. The molecule has 2 aromatic carbocycles. The van der Waals surface area contributed by atoms with Crippen molar-refractivity contribution in [2.24, 2.45) is 0 Å². The molecule has 2 amide bonds. The number of para-hydroxylation sites is 3. The molecule has 1 aliphatic heterocycles. The molecule has 28 heavy (non-hydrogen) atoms. The Hall–Kier alpha value is -2.33. The lowest BCUT2D eigenvalue weighted by molar-refractivity contribution is -0.118. The number of unbranched alkanes of at least 4 members (excludes halogenated alkanes) is 6. The summed E-state index contributed by atoms with van der Waals surface area (Å²) in [6, 6.07) is 14.8. The van der Waals surface area contributed by atoms with Gasteiger partial charge in [0.05, 0.1) is 22.6 Å². The number of carbonyl (C=O) groups is 2. The van der Waals surface area contributed by atoms with Gasteiger partial charge in [-0.3, -0.25) is 14.5 Å². The van der Waals surface area contributed by atoms with E-state index in [2.05, 4.69) is 5.32 Å². The van der Waals surface area contributed by atoms with Crippen LogP contribution in [-0.4, -0.2) is 17.7 Å². The van der Waals surface area contributed by atoms with Crippen LogP contribution in [0.15, 0.2) is 48.5 Å². The van der Waals surface area contributed by atoms with Gasteiger partial charge in [-0.25, -0.2) is 0 Å². The maximum Gasteiger partial charge on any atom is 0.257 e. The number of benzene rings is 2. The van der Waals surface area contributed by atoms with Crippen LogP contribution in [0.4, 0.5) is 17.1 Å². The van der Waals surface area contributed by atoms with E-state index in [1.165, 1.54) is 19.3 Å². The Kier molecular flexibility index (Phi) is 7.49. The molecule has 0 fully saturated rings. The third kappa shape index (κ3) is 4.93. The lowest BCUT2D eigenvalue weighted by Crippen LogP contribution is -2.26. The van der Waals surface area contributed by atoms with Crippen molar-refractivity contribution in [3.63, 3.8) is 0 Å². The number of amides is 2. The van der Waals surface area contributed by atoms with Crippen molar-refractivity contribution in [1.82, 2.24) is 0 Å². The van der Waals surface area contributed by atoms with Crippen molar-refractivity contribution < 1.29 is 9.59 Å². The highest BCUT2D eigenvalue weighted by molar-refractivity contribution is 6.18. The van der Waals surface area contributed by atoms with Crippen LogP contribution in [0.2, 0.25) is 0 Å². The van der Waals surface area contributed by atoms with Gasteiger partial charge in [0.1, 0.15) is 0 Å². The summed E-state index contributed by atoms with van der Waals surface area (Å²) in [5.41, 5.74) is 2.56. The first kappa shape index (κ1) is 20.4. The number of carbonyl (C=O) groups excluding carboxylic acids is 2. The average Bonchev–Trinajstić information content (AvgIpc) is 2.84. The first-order valence-electron chi connectivity index (χ1n) is 10.1. The van der Waals surface area contributed by atoms with Crippen molar-refractivity contribution in [2.75, 3.05) is 16.1 Å². The molecule has 1 heterocycles. The maximum absolute atomic E-state index is 13.1. The molecule has 2 aromatic rings. The highest BCUT2D eigenvalue weighted by atomic mass is 35.5. The Morgan fingerprint density at radius 1 is 0.821 bits per heavy atom. The zero-order valence-corrected chi connectivity index (χ0v) is 16.9. The van der Waals surface area contributed by atoms with Gasteiger partial charge < -0.3 is 5.32 Å². The predicted octanol–water partition coefficient (Wildman–Crippen LogP) is 6.28. The summed E-state index contributed by atoms with van der Waals surface area (Å²) in [7, 11) is 0. The van der Waals surface area contributed by atoms with Crippen molar-refractivity contribution in [3.8, 4) is 0 Å². The molecule has 1 aliphatic rings. The molecule has 3 rings (SSSR count). The normalized spacial score (nSPS) is 12.8. The lowest BCUT2D eigenvalue weighted by Gasteiger charge is -2.24. The highest BCUT2D eigenvalue weighted by Crippen LogP contribution is 2.38. The second-order valence-electron chi connectivity index (χ2n) is 7.13. The van der Waals surface area contributed by atoms with E-state index in [9.17, 15) is 9.59 Å². The molecule has 0 bridgehead atoms. The van der Waals surface area contributed by atoms with E-state index in [1.807, 2.05) is 42.5 Å². The zero-order chi connectivity index (χ0) is 19.8.